The first-order chi connectivity index (χ1) is 10.0. The summed E-state index contributed by atoms with van der Waals surface area (Å²) in [5.74, 6) is -0.601. The fraction of sp³-hybridized carbons (Fsp3) is 0.133. The fourth-order valence-corrected chi connectivity index (χ4v) is 2.27. The third-order valence-corrected chi connectivity index (χ3v) is 3.28. The molecular weight excluding hydrogens is 318 g/mol. The second kappa shape index (κ2) is 6.78. The van der Waals surface area contributed by atoms with Crippen LogP contribution >= 0.6 is 23.2 Å². The molecule has 0 atom stereocenters. The topological polar surface area (TPSA) is 35.5 Å². The number of methoxy groups -OCH3 is 1. The monoisotopic (exact) mass is 328 g/mol. The number of halogens is 3. The Hall–Kier alpha value is -1.78. The molecule has 0 aliphatic heterocycles. The van der Waals surface area contributed by atoms with E-state index in [0.717, 1.165) is 5.56 Å². The molecule has 0 fully saturated rings. The lowest BCUT2D eigenvalue weighted by Gasteiger charge is -2.11. The Kier molecular flexibility index (Phi) is 5.04. The van der Waals surface area contributed by atoms with Crippen molar-refractivity contribution in [3.8, 4) is 5.75 Å². The van der Waals surface area contributed by atoms with E-state index >= 15 is 0 Å². The van der Waals surface area contributed by atoms with Crippen molar-refractivity contribution in [2.75, 3.05) is 7.11 Å². The zero-order valence-electron chi connectivity index (χ0n) is 11.0. The molecule has 3 nitrogen and oxygen atoms in total. The maximum absolute atomic E-state index is 12.8. The normalized spacial score (nSPS) is 10.3. The molecule has 0 unspecified atom stereocenters. The Morgan fingerprint density at radius 2 is 1.71 bits per heavy atom. The van der Waals surface area contributed by atoms with E-state index in [9.17, 15) is 9.18 Å². The second-order valence-electron chi connectivity index (χ2n) is 4.18. The van der Waals surface area contributed by atoms with Crippen molar-refractivity contribution in [3.63, 3.8) is 0 Å². The summed E-state index contributed by atoms with van der Waals surface area (Å²) in [6, 6.07) is 8.70. The van der Waals surface area contributed by atoms with Gasteiger partial charge in [-0.1, -0.05) is 35.3 Å². The van der Waals surface area contributed by atoms with E-state index in [0.29, 0.717) is 0 Å². The molecule has 6 heteroatoms. The van der Waals surface area contributed by atoms with E-state index in [1.165, 1.54) is 31.4 Å². The molecule has 0 saturated heterocycles. The summed E-state index contributed by atoms with van der Waals surface area (Å²) in [7, 11) is 1.27. The van der Waals surface area contributed by atoms with Crippen LogP contribution in [0, 0.1) is 5.82 Å². The van der Waals surface area contributed by atoms with Crippen LogP contribution in [0.4, 0.5) is 4.39 Å². The van der Waals surface area contributed by atoms with Crippen molar-refractivity contribution in [3.05, 3.63) is 63.4 Å². The highest BCUT2D eigenvalue weighted by Crippen LogP contribution is 2.35. The molecule has 0 aliphatic rings. The number of benzene rings is 2. The van der Waals surface area contributed by atoms with Gasteiger partial charge >= 0.3 is 5.97 Å². The first-order valence-electron chi connectivity index (χ1n) is 5.96. The molecule has 21 heavy (non-hydrogen) atoms. The van der Waals surface area contributed by atoms with Crippen LogP contribution in [-0.2, 0) is 11.3 Å². The standard InChI is InChI=1S/C15H11Cl2FO3/c1-20-15(19)10-6-12(16)14(13(17)7-10)21-8-9-2-4-11(18)5-3-9/h2-7H,8H2,1H3. The lowest BCUT2D eigenvalue weighted by atomic mass is 10.2. The molecule has 0 N–H and O–H groups in total. The number of carbonyl (C=O) groups excluding carboxylic acids is 1. The summed E-state index contributed by atoms with van der Waals surface area (Å²) < 4.78 is 22.9. The first kappa shape index (κ1) is 15.6. The van der Waals surface area contributed by atoms with E-state index in [1.807, 2.05) is 0 Å². The largest absolute Gasteiger partial charge is 0.486 e. The molecule has 0 amide bonds. The van der Waals surface area contributed by atoms with Crippen LogP contribution in [0.5, 0.6) is 5.75 Å². The van der Waals surface area contributed by atoms with Gasteiger partial charge in [-0.25, -0.2) is 9.18 Å². The maximum atomic E-state index is 12.8. The van der Waals surface area contributed by atoms with E-state index in [4.69, 9.17) is 27.9 Å². The van der Waals surface area contributed by atoms with Gasteiger partial charge in [0.2, 0.25) is 0 Å². The fourth-order valence-electron chi connectivity index (χ4n) is 1.67. The van der Waals surface area contributed by atoms with Gasteiger partial charge in [0.25, 0.3) is 0 Å². The Balaban J connectivity index is 2.17. The average molecular weight is 329 g/mol. The Morgan fingerprint density at radius 1 is 1.14 bits per heavy atom. The van der Waals surface area contributed by atoms with Crippen LogP contribution in [0.25, 0.3) is 0 Å². The van der Waals surface area contributed by atoms with E-state index in [-0.39, 0.29) is 33.8 Å². The molecule has 110 valence electrons. The highest BCUT2D eigenvalue weighted by Gasteiger charge is 2.14. The molecule has 2 aromatic rings. The zero-order chi connectivity index (χ0) is 15.4. The van der Waals surface area contributed by atoms with E-state index in [2.05, 4.69) is 4.74 Å². The summed E-state index contributed by atoms with van der Waals surface area (Å²) >= 11 is 12.1. The zero-order valence-corrected chi connectivity index (χ0v) is 12.5. The number of esters is 1. The van der Waals surface area contributed by atoms with Crippen molar-refractivity contribution in [1.29, 1.82) is 0 Å². The maximum Gasteiger partial charge on any atom is 0.337 e. The molecule has 0 bridgehead atoms. The van der Waals surface area contributed by atoms with Crippen LogP contribution in [0.1, 0.15) is 15.9 Å². The third-order valence-electron chi connectivity index (χ3n) is 2.72. The third kappa shape index (κ3) is 3.86. The Bertz CT molecular complexity index is 633. The second-order valence-corrected chi connectivity index (χ2v) is 4.99. The van der Waals surface area contributed by atoms with Gasteiger partial charge in [-0.15, -0.1) is 0 Å². The van der Waals surface area contributed by atoms with Gasteiger partial charge in [-0.2, -0.15) is 0 Å². The molecule has 0 radical (unpaired) electrons. The lowest BCUT2D eigenvalue weighted by molar-refractivity contribution is 0.0600. The van der Waals surface area contributed by atoms with Gasteiger partial charge in [0.05, 0.1) is 22.7 Å². The Morgan fingerprint density at radius 3 is 2.24 bits per heavy atom. The minimum atomic E-state index is -0.538. The molecule has 0 heterocycles. The predicted octanol–water partition coefficient (Wildman–Crippen LogP) is 4.50. The lowest BCUT2D eigenvalue weighted by Crippen LogP contribution is -2.03. The summed E-state index contributed by atoms with van der Waals surface area (Å²) in [6.45, 7) is 0.178. The van der Waals surface area contributed by atoms with Gasteiger partial charge in [0, 0.05) is 0 Å². The predicted molar refractivity (Wildman–Crippen MR) is 78.5 cm³/mol. The summed E-state index contributed by atoms with van der Waals surface area (Å²) in [6.07, 6.45) is 0. The molecule has 0 aliphatic carbocycles. The van der Waals surface area contributed by atoms with Gasteiger partial charge in [-0.05, 0) is 29.8 Å². The molecule has 0 spiro atoms. The minimum Gasteiger partial charge on any atom is -0.486 e. The van der Waals surface area contributed by atoms with Crippen LogP contribution in [0.2, 0.25) is 10.0 Å². The highest BCUT2D eigenvalue weighted by molar-refractivity contribution is 6.37. The van der Waals surface area contributed by atoms with Gasteiger partial charge in [-0.3, -0.25) is 0 Å². The summed E-state index contributed by atoms with van der Waals surface area (Å²) in [5.41, 5.74) is 1.00. The molecule has 2 rings (SSSR count). The van der Waals surface area contributed by atoms with Crippen LogP contribution in [0.15, 0.2) is 36.4 Å². The molecule has 2 aromatic carbocycles. The van der Waals surface area contributed by atoms with Crippen molar-refractivity contribution in [2.24, 2.45) is 0 Å². The van der Waals surface area contributed by atoms with Gasteiger partial charge < -0.3 is 9.47 Å². The summed E-state index contributed by atoms with van der Waals surface area (Å²) in [5, 5.41) is 0.398. The summed E-state index contributed by atoms with van der Waals surface area (Å²) in [4.78, 5) is 11.4. The number of hydrogen-bond acceptors (Lipinski definition) is 3. The quantitative estimate of drug-likeness (QED) is 0.775. The molecule has 0 saturated carbocycles. The average Bonchev–Trinajstić information content (AvgIpc) is 2.47. The molecular formula is C15H11Cl2FO3. The van der Waals surface area contributed by atoms with Crippen LogP contribution in [-0.4, -0.2) is 13.1 Å². The highest BCUT2D eigenvalue weighted by atomic mass is 35.5. The first-order valence-corrected chi connectivity index (χ1v) is 6.71. The SMILES string of the molecule is COC(=O)c1cc(Cl)c(OCc2ccc(F)cc2)c(Cl)c1. The van der Waals surface area contributed by atoms with Crippen molar-refractivity contribution < 1.29 is 18.7 Å². The van der Waals surface area contributed by atoms with Crippen LogP contribution in [0.3, 0.4) is 0 Å². The number of hydrogen-bond donors (Lipinski definition) is 0. The minimum absolute atomic E-state index is 0.178. The van der Waals surface area contributed by atoms with E-state index < -0.39 is 5.97 Å². The van der Waals surface area contributed by atoms with Crippen LogP contribution < -0.4 is 4.74 Å². The smallest absolute Gasteiger partial charge is 0.337 e. The van der Waals surface area contributed by atoms with Crippen molar-refractivity contribution in [2.45, 2.75) is 6.61 Å². The number of carbonyl (C=O) groups is 1. The van der Waals surface area contributed by atoms with Gasteiger partial charge in [0.15, 0.2) is 5.75 Å². The number of rotatable bonds is 4. The van der Waals surface area contributed by atoms with Crippen molar-refractivity contribution in [1.82, 2.24) is 0 Å². The van der Waals surface area contributed by atoms with Gasteiger partial charge in [0.1, 0.15) is 12.4 Å². The van der Waals surface area contributed by atoms with Crippen molar-refractivity contribution >= 4 is 29.2 Å². The molecule has 0 aromatic heterocycles. The van der Waals surface area contributed by atoms with E-state index in [1.54, 1.807) is 12.1 Å². The Labute approximate surface area is 131 Å². The number of ether oxygens (including phenoxy) is 2.